The van der Waals surface area contributed by atoms with Crippen molar-refractivity contribution in [3.05, 3.63) is 17.0 Å². The van der Waals surface area contributed by atoms with Gasteiger partial charge in [0, 0.05) is 0 Å². The van der Waals surface area contributed by atoms with E-state index in [0.29, 0.717) is 0 Å². The van der Waals surface area contributed by atoms with E-state index in [4.69, 9.17) is 0 Å². The van der Waals surface area contributed by atoms with Gasteiger partial charge in [-0.2, -0.15) is 0 Å². The highest BCUT2D eigenvalue weighted by Crippen LogP contribution is 2.31. The molecule has 70 valence electrons. The van der Waals surface area contributed by atoms with Gasteiger partial charge >= 0.3 is 0 Å². The van der Waals surface area contributed by atoms with E-state index >= 15 is 0 Å². The van der Waals surface area contributed by atoms with Gasteiger partial charge in [-0.25, -0.2) is 0 Å². The minimum Gasteiger partial charge on any atom is -0.130 e. The molecule has 0 aromatic rings. The molecule has 0 radical (unpaired) electrons. The third kappa shape index (κ3) is 3.42. The van der Waals surface area contributed by atoms with E-state index in [1.807, 2.05) is 13.0 Å². The predicted molar refractivity (Wildman–Crippen MR) is 60.1 cm³/mol. The maximum absolute atomic E-state index is 3.42. The zero-order valence-corrected chi connectivity index (χ0v) is 10.6. The number of rotatable bonds is 1. The Morgan fingerprint density at radius 2 is 1.58 bits per heavy atom. The van der Waals surface area contributed by atoms with Gasteiger partial charge in [0.1, 0.15) is 0 Å². The molecule has 1 heteroatoms. The zero-order valence-electron chi connectivity index (χ0n) is 9.58. The average Bonchev–Trinajstić information content (AvgIpc) is 1.77. The van der Waals surface area contributed by atoms with Crippen molar-refractivity contribution in [3.8, 4) is 0 Å². The van der Waals surface area contributed by atoms with Crippen LogP contribution in [0.2, 0.25) is 19.6 Å². The first-order valence-electron chi connectivity index (χ1n) is 4.62. The molecule has 0 aliphatic carbocycles. The average molecular weight is 182 g/mol. The lowest BCUT2D eigenvalue weighted by Gasteiger charge is -2.30. The molecule has 0 rings (SSSR count). The molecule has 0 amide bonds. The van der Waals surface area contributed by atoms with Crippen molar-refractivity contribution in [2.24, 2.45) is 5.41 Å². The second-order valence-electron chi connectivity index (χ2n) is 5.31. The van der Waals surface area contributed by atoms with Gasteiger partial charge in [0.05, 0.1) is 8.07 Å². The Balaban J connectivity index is 5.12. The van der Waals surface area contributed by atoms with Crippen LogP contribution in [0.15, 0.2) is 17.0 Å². The summed E-state index contributed by atoms with van der Waals surface area (Å²) >= 11 is 0. The molecule has 0 atom stereocenters. The van der Waals surface area contributed by atoms with Crippen molar-refractivity contribution in [1.82, 2.24) is 0 Å². The van der Waals surface area contributed by atoms with Gasteiger partial charge in [-0.3, -0.25) is 0 Å². The fourth-order valence-corrected chi connectivity index (χ4v) is 4.53. The molecular formula is C11H22Si. The first-order chi connectivity index (χ1) is 5.19. The highest BCUT2D eigenvalue weighted by atomic mass is 28.3. The molecule has 0 aliphatic rings. The summed E-state index contributed by atoms with van der Waals surface area (Å²) < 4.78 is 0. The predicted octanol–water partition coefficient (Wildman–Crippen LogP) is 4.01. The van der Waals surface area contributed by atoms with Crippen LogP contribution in [0.3, 0.4) is 0 Å². The van der Waals surface area contributed by atoms with E-state index in [0.717, 1.165) is 0 Å². The molecular weight excluding hydrogens is 160 g/mol. The highest BCUT2D eigenvalue weighted by Gasteiger charge is 2.28. The van der Waals surface area contributed by atoms with Gasteiger partial charge < -0.3 is 0 Å². The fourth-order valence-electron chi connectivity index (χ4n) is 1.70. The lowest BCUT2D eigenvalue weighted by molar-refractivity contribution is 0.526. The topological polar surface area (TPSA) is 0 Å². The third-order valence-electron chi connectivity index (χ3n) is 1.79. The Hall–Kier alpha value is -0.263. The molecule has 0 heterocycles. The molecule has 0 aromatic carbocycles. The van der Waals surface area contributed by atoms with Crippen molar-refractivity contribution in [3.63, 3.8) is 0 Å². The lowest BCUT2D eigenvalue weighted by atomic mass is 9.96. The first-order valence-corrected chi connectivity index (χ1v) is 8.12. The summed E-state index contributed by atoms with van der Waals surface area (Å²) in [7, 11) is -1.17. The minimum atomic E-state index is -1.17. The molecule has 12 heavy (non-hydrogen) atoms. The summed E-state index contributed by atoms with van der Waals surface area (Å²) in [4.78, 5) is 0. The Morgan fingerprint density at radius 1 is 1.17 bits per heavy atom. The van der Waals surface area contributed by atoms with Gasteiger partial charge in [-0.15, -0.1) is 5.73 Å². The van der Waals surface area contributed by atoms with Gasteiger partial charge in [0.2, 0.25) is 0 Å². The van der Waals surface area contributed by atoms with Gasteiger partial charge in [-0.1, -0.05) is 40.4 Å². The number of allylic oxidation sites excluding steroid dienone is 1. The SMILES string of the molecule is CC=C=C(C(C)(C)C)[Si](C)(C)C. The van der Waals surface area contributed by atoms with Crippen LogP contribution >= 0.6 is 0 Å². The Labute approximate surface area is 78.4 Å². The summed E-state index contributed by atoms with van der Waals surface area (Å²) in [5.74, 6) is 0. The largest absolute Gasteiger partial charge is 0.130 e. The van der Waals surface area contributed by atoms with E-state index in [9.17, 15) is 0 Å². The third-order valence-corrected chi connectivity index (χ3v) is 4.18. The quantitative estimate of drug-likeness (QED) is 0.424. The number of hydrogen-bond acceptors (Lipinski definition) is 0. The fraction of sp³-hybridized carbons (Fsp3) is 0.727. The van der Waals surface area contributed by atoms with Crippen molar-refractivity contribution >= 4 is 8.07 Å². The lowest BCUT2D eigenvalue weighted by Crippen LogP contribution is -2.31. The van der Waals surface area contributed by atoms with Crippen molar-refractivity contribution in [2.75, 3.05) is 0 Å². The Bertz CT molecular complexity index is 188. The van der Waals surface area contributed by atoms with Crippen LogP contribution in [-0.4, -0.2) is 8.07 Å². The number of hydrogen-bond donors (Lipinski definition) is 0. The van der Waals surface area contributed by atoms with Crippen LogP contribution < -0.4 is 0 Å². The molecule has 0 bridgehead atoms. The van der Waals surface area contributed by atoms with Crippen LogP contribution in [0.25, 0.3) is 0 Å². The standard InChI is InChI=1S/C11H22Si/c1-8-9-10(11(2,3)4)12(5,6)7/h8H,1-7H3. The molecule has 0 fully saturated rings. The second-order valence-corrected chi connectivity index (χ2v) is 10.3. The van der Waals surface area contributed by atoms with Crippen molar-refractivity contribution < 1.29 is 0 Å². The smallest absolute Gasteiger partial charge is 0.0830 e. The second kappa shape index (κ2) is 3.63. The molecule has 0 saturated heterocycles. The van der Waals surface area contributed by atoms with Gasteiger partial charge in [-0.05, 0) is 23.6 Å². The summed E-state index contributed by atoms with van der Waals surface area (Å²) in [6.45, 7) is 16.0. The molecule has 0 aromatic heterocycles. The normalized spacial score (nSPS) is 12.2. The Kier molecular flexibility index (Phi) is 3.55. The molecule has 0 spiro atoms. The van der Waals surface area contributed by atoms with E-state index in [1.54, 1.807) is 0 Å². The molecule has 0 saturated carbocycles. The summed E-state index contributed by atoms with van der Waals surface area (Å²) in [6.07, 6.45) is 2.04. The van der Waals surface area contributed by atoms with E-state index in [2.05, 4.69) is 46.1 Å². The molecule has 0 unspecified atom stereocenters. The van der Waals surface area contributed by atoms with Crippen LogP contribution in [0, 0.1) is 5.41 Å². The summed E-state index contributed by atoms with van der Waals surface area (Å²) in [6, 6.07) is 0. The van der Waals surface area contributed by atoms with E-state index in [-0.39, 0.29) is 5.41 Å². The van der Waals surface area contributed by atoms with Crippen LogP contribution in [0.5, 0.6) is 0 Å². The minimum absolute atomic E-state index is 0.289. The van der Waals surface area contributed by atoms with Gasteiger partial charge in [0.25, 0.3) is 0 Å². The van der Waals surface area contributed by atoms with Crippen LogP contribution in [-0.2, 0) is 0 Å². The van der Waals surface area contributed by atoms with Crippen LogP contribution in [0.4, 0.5) is 0 Å². The van der Waals surface area contributed by atoms with Crippen molar-refractivity contribution in [1.29, 1.82) is 0 Å². The highest BCUT2D eigenvalue weighted by molar-refractivity contribution is 6.83. The monoisotopic (exact) mass is 182 g/mol. The van der Waals surface area contributed by atoms with E-state index < -0.39 is 8.07 Å². The first kappa shape index (κ1) is 11.7. The molecule has 0 N–H and O–H groups in total. The summed E-state index contributed by atoms with van der Waals surface area (Å²) in [5.41, 5.74) is 3.70. The van der Waals surface area contributed by atoms with Crippen LogP contribution in [0.1, 0.15) is 27.7 Å². The molecule has 0 nitrogen and oxygen atoms in total. The maximum atomic E-state index is 3.42. The zero-order chi connectivity index (χ0) is 9.99. The van der Waals surface area contributed by atoms with Gasteiger partial charge in [0.15, 0.2) is 0 Å². The summed E-state index contributed by atoms with van der Waals surface area (Å²) in [5, 5.41) is 1.53. The Morgan fingerprint density at radius 3 is 1.67 bits per heavy atom. The maximum Gasteiger partial charge on any atom is 0.0830 e. The molecule has 0 aliphatic heterocycles. The van der Waals surface area contributed by atoms with Crippen molar-refractivity contribution in [2.45, 2.75) is 47.3 Å². The van der Waals surface area contributed by atoms with E-state index in [1.165, 1.54) is 5.20 Å².